The van der Waals surface area contributed by atoms with E-state index in [-0.39, 0.29) is 18.5 Å². The highest BCUT2D eigenvalue weighted by Gasteiger charge is 2.27. The van der Waals surface area contributed by atoms with Gasteiger partial charge in [-0.3, -0.25) is 4.79 Å². The lowest BCUT2D eigenvalue weighted by atomic mass is 9.96. The van der Waals surface area contributed by atoms with Crippen LogP contribution in [0.1, 0.15) is 43.0 Å². The Morgan fingerprint density at radius 1 is 1.25 bits per heavy atom. The first kappa shape index (κ1) is 19.9. The number of carbonyl (C=O) groups excluding carboxylic acids is 1. The van der Waals surface area contributed by atoms with Crippen molar-refractivity contribution in [3.63, 3.8) is 0 Å². The van der Waals surface area contributed by atoms with E-state index >= 15 is 0 Å². The SMILES string of the molecule is Cn1cnnc1C1CCN(C(=O)NC(CCC(=O)O)Cc2ccccc2)CC1. The van der Waals surface area contributed by atoms with Crippen LogP contribution in [0, 0.1) is 0 Å². The highest BCUT2D eigenvalue weighted by molar-refractivity contribution is 5.75. The van der Waals surface area contributed by atoms with Crippen LogP contribution in [0.2, 0.25) is 0 Å². The average Bonchev–Trinajstić information content (AvgIpc) is 3.13. The van der Waals surface area contributed by atoms with E-state index in [2.05, 4.69) is 15.5 Å². The van der Waals surface area contributed by atoms with E-state index in [1.54, 1.807) is 6.33 Å². The summed E-state index contributed by atoms with van der Waals surface area (Å²) >= 11 is 0. The Bertz CT molecular complexity index is 784. The number of nitrogens with one attached hydrogen (secondary N) is 1. The topological polar surface area (TPSA) is 100 Å². The molecule has 8 nitrogen and oxygen atoms in total. The molecule has 2 amide bonds. The van der Waals surface area contributed by atoms with Crippen LogP contribution in [-0.4, -0.2) is 55.9 Å². The van der Waals surface area contributed by atoms with E-state index in [4.69, 9.17) is 5.11 Å². The maximum atomic E-state index is 12.7. The van der Waals surface area contributed by atoms with Crippen LogP contribution >= 0.6 is 0 Å². The molecule has 2 heterocycles. The molecule has 1 aromatic carbocycles. The summed E-state index contributed by atoms with van der Waals surface area (Å²) in [6.07, 6.45) is 4.45. The zero-order chi connectivity index (χ0) is 19.9. The van der Waals surface area contributed by atoms with Gasteiger partial charge in [0.25, 0.3) is 0 Å². The van der Waals surface area contributed by atoms with E-state index in [9.17, 15) is 9.59 Å². The molecule has 8 heteroatoms. The van der Waals surface area contributed by atoms with Gasteiger partial charge >= 0.3 is 12.0 Å². The summed E-state index contributed by atoms with van der Waals surface area (Å²) in [7, 11) is 1.94. The van der Waals surface area contributed by atoms with Crippen molar-refractivity contribution in [3.8, 4) is 0 Å². The highest BCUT2D eigenvalue weighted by Crippen LogP contribution is 2.26. The number of amides is 2. The van der Waals surface area contributed by atoms with Crippen molar-refractivity contribution in [2.45, 2.75) is 44.1 Å². The van der Waals surface area contributed by atoms with Gasteiger partial charge in [-0.25, -0.2) is 4.79 Å². The van der Waals surface area contributed by atoms with Gasteiger partial charge in [-0.2, -0.15) is 0 Å². The fraction of sp³-hybridized carbons (Fsp3) is 0.500. The lowest BCUT2D eigenvalue weighted by molar-refractivity contribution is -0.137. The van der Waals surface area contributed by atoms with Crippen LogP contribution in [0.4, 0.5) is 4.79 Å². The number of carbonyl (C=O) groups is 2. The lowest BCUT2D eigenvalue weighted by Gasteiger charge is -2.33. The van der Waals surface area contributed by atoms with E-state index in [1.165, 1.54) is 0 Å². The number of urea groups is 1. The summed E-state index contributed by atoms with van der Waals surface area (Å²) in [5.41, 5.74) is 1.08. The Morgan fingerprint density at radius 2 is 1.96 bits per heavy atom. The van der Waals surface area contributed by atoms with Gasteiger partial charge in [0.05, 0.1) is 0 Å². The first-order valence-electron chi connectivity index (χ1n) is 9.68. The molecule has 1 fully saturated rings. The third kappa shape index (κ3) is 5.31. The molecular formula is C20H27N5O3. The maximum Gasteiger partial charge on any atom is 0.317 e. The number of nitrogens with zero attached hydrogens (tertiary/aromatic N) is 4. The van der Waals surface area contributed by atoms with Crippen molar-refractivity contribution < 1.29 is 14.7 Å². The second kappa shape index (κ2) is 9.34. The van der Waals surface area contributed by atoms with Gasteiger partial charge in [0.2, 0.25) is 0 Å². The predicted octanol–water partition coefficient (Wildman–Crippen LogP) is 2.18. The molecule has 1 atom stereocenters. The Labute approximate surface area is 164 Å². The number of aliphatic carboxylic acids is 1. The predicted molar refractivity (Wildman–Crippen MR) is 104 cm³/mol. The van der Waals surface area contributed by atoms with Crippen molar-refractivity contribution in [1.82, 2.24) is 25.0 Å². The lowest BCUT2D eigenvalue weighted by Crippen LogP contribution is -2.48. The summed E-state index contributed by atoms with van der Waals surface area (Å²) < 4.78 is 1.93. The summed E-state index contributed by atoms with van der Waals surface area (Å²) in [6, 6.07) is 9.49. The monoisotopic (exact) mass is 385 g/mol. The van der Waals surface area contributed by atoms with Gasteiger partial charge in [-0.15, -0.1) is 10.2 Å². The minimum Gasteiger partial charge on any atom is -0.481 e. The van der Waals surface area contributed by atoms with Gasteiger partial charge in [0.15, 0.2) is 0 Å². The van der Waals surface area contributed by atoms with Gasteiger partial charge in [-0.05, 0) is 31.2 Å². The van der Waals surface area contributed by atoms with Gasteiger partial charge in [0, 0.05) is 38.5 Å². The van der Waals surface area contributed by atoms with Crippen LogP contribution in [0.25, 0.3) is 0 Å². The highest BCUT2D eigenvalue weighted by atomic mass is 16.4. The van der Waals surface area contributed by atoms with Crippen molar-refractivity contribution in [2.24, 2.45) is 7.05 Å². The fourth-order valence-electron chi connectivity index (χ4n) is 3.69. The minimum atomic E-state index is -0.850. The molecule has 28 heavy (non-hydrogen) atoms. The molecule has 0 radical (unpaired) electrons. The molecule has 150 valence electrons. The molecule has 2 N–H and O–H groups in total. The average molecular weight is 385 g/mol. The molecule has 0 bridgehead atoms. The summed E-state index contributed by atoms with van der Waals surface area (Å²) in [4.78, 5) is 25.5. The zero-order valence-electron chi connectivity index (χ0n) is 16.1. The number of hydrogen-bond acceptors (Lipinski definition) is 4. The van der Waals surface area contributed by atoms with Crippen LogP contribution in [0.3, 0.4) is 0 Å². The fourth-order valence-corrected chi connectivity index (χ4v) is 3.69. The van der Waals surface area contributed by atoms with E-state index < -0.39 is 5.97 Å². The number of rotatable bonds is 7. The zero-order valence-corrected chi connectivity index (χ0v) is 16.1. The van der Waals surface area contributed by atoms with Crippen LogP contribution < -0.4 is 5.32 Å². The standard InChI is InChI=1S/C20H27N5O3/c1-24-14-21-23-19(24)16-9-11-25(12-10-16)20(28)22-17(7-8-18(26)27)13-15-5-3-2-4-6-15/h2-6,14,16-17H,7-13H2,1H3,(H,22,28)(H,26,27). The van der Waals surface area contributed by atoms with Crippen molar-refractivity contribution >= 4 is 12.0 Å². The maximum absolute atomic E-state index is 12.7. The number of aromatic nitrogens is 3. The summed E-state index contributed by atoms with van der Waals surface area (Å²) in [5, 5.41) is 20.2. The second-order valence-corrected chi connectivity index (χ2v) is 7.33. The van der Waals surface area contributed by atoms with E-state index in [0.29, 0.717) is 31.8 Å². The van der Waals surface area contributed by atoms with E-state index in [0.717, 1.165) is 24.2 Å². The molecule has 1 aliphatic rings. The molecule has 1 aliphatic heterocycles. The molecule has 3 rings (SSSR count). The molecule has 0 aliphatic carbocycles. The molecule has 0 saturated carbocycles. The quantitative estimate of drug-likeness (QED) is 0.761. The number of benzene rings is 1. The molecule has 0 spiro atoms. The number of carboxylic acid groups (broad SMARTS) is 1. The summed E-state index contributed by atoms with van der Waals surface area (Å²) in [6.45, 7) is 1.31. The third-order valence-corrected chi connectivity index (χ3v) is 5.25. The Balaban J connectivity index is 1.55. The molecule has 1 aromatic heterocycles. The first-order chi connectivity index (χ1) is 13.5. The van der Waals surface area contributed by atoms with Crippen LogP contribution in [-0.2, 0) is 18.3 Å². The minimum absolute atomic E-state index is 0.0337. The van der Waals surface area contributed by atoms with Crippen molar-refractivity contribution in [1.29, 1.82) is 0 Å². The first-order valence-corrected chi connectivity index (χ1v) is 9.68. The Kier molecular flexibility index (Phi) is 6.62. The molecular weight excluding hydrogens is 358 g/mol. The molecule has 2 aromatic rings. The molecule has 1 unspecified atom stereocenters. The van der Waals surface area contributed by atoms with Crippen molar-refractivity contribution in [3.05, 3.63) is 48.0 Å². The number of hydrogen-bond donors (Lipinski definition) is 2. The number of carboxylic acids is 1. The van der Waals surface area contributed by atoms with Crippen LogP contribution in [0.15, 0.2) is 36.7 Å². The summed E-state index contributed by atoms with van der Waals surface area (Å²) in [5.74, 6) is 0.420. The Hall–Kier alpha value is -2.90. The van der Waals surface area contributed by atoms with Gasteiger partial charge in [-0.1, -0.05) is 30.3 Å². The van der Waals surface area contributed by atoms with Crippen molar-refractivity contribution in [2.75, 3.05) is 13.1 Å². The smallest absolute Gasteiger partial charge is 0.317 e. The number of aryl methyl sites for hydroxylation is 1. The largest absolute Gasteiger partial charge is 0.481 e. The Morgan fingerprint density at radius 3 is 2.57 bits per heavy atom. The second-order valence-electron chi connectivity index (χ2n) is 7.33. The van der Waals surface area contributed by atoms with E-state index in [1.807, 2.05) is 46.8 Å². The van der Waals surface area contributed by atoms with Crippen LogP contribution in [0.5, 0.6) is 0 Å². The van der Waals surface area contributed by atoms with Gasteiger partial charge < -0.3 is 19.9 Å². The third-order valence-electron chi connectivity index (χ3n) is 5.25. The van der Waals surface area contributed by atoms with Gasteiger partial charge in [0.1, 0.15) is 12.2 Å². The molecule has 1 saturated heterocycles. The number of piperidine rings is 1. The number of likely N-dealkylation sites (tertiary alicyclic amines) is 1. The normalized spacial score (nSPS) is 16.0.